The highest BCUT2D eigenvalue weighted by Gasteiger charge is 2.11. The van der Waals surface area contributed by atoms with E-state index in [9.17, 15) is 0 Å². The van der Waals surface area contributed by atoms with Crippen molar-refractivity contribution in [1.29, 1.82) is 0 Å². The van der Waals surface area contributed by atoms with Gasteiger partial charge in [0.1, 0.15) is 11.6 Å². The van der Waals surface area contributed by atoms with E-state index in [1.54, 1.807) is 7.11 Å². The lowest BCUT2D eigenvalue weighted by molar-refractivity contribution is 0.415. The summed E-state index contributed by atoms with van der Waals surface area (Å²) in [7, 11) is 1.65. The summed E-state index contributed by atoms with van der Waals surface area (Å²) in [4.78, 5) is 9.46. The Hall–Kier alpha value is -3.67. The third-order valence-corrected chi connectivity index (χ3v) is 4.33. The number of rotatable bonds is 5. The van der Waals surface area contributed by atoms with Crippen LogP contribution >= 0.6 is 0 Å². The minimum Gasteiger partial charge on any atom is -0.497 e. The van der Waals surface area contributed by atoms with Crippen molar-refractivity contribution in [3.05, 3.63) is 78.1 Å². The number of aromatic nitrogens is 4. The van der Waals surface area contributed by atoms with E-state index in [0.717, 1.165) is 34.2 Å². The van der Waals surface area contributed by atoms with E-state index in [1.165, 1.54) is 0 Å². The smallest absolute Gasteiger partial charge is 0.163 e. The Morgan fingerprint density at radius 1 is 0.893 bits per heavy atom. The maximum absolute atomic E-state index is 5.22. The summed E-state index contributed by atoms with van der Waals surface area (Å²) in [6, 6.07) is 21.6. The Labute approximate surface area is 163 Å². The quantitative estimate of drug-likeness (QED) is 0.551. The van der Waals surface area contributed by atoms with Crippen LogP contribution in [0.3, 0.4) is 0 Å². The molecular weight excluding hydrogens is 350 g/mol. The third kappa shape index (κ3) is 3.71. The van der Waals surface area contributed by atoms with Gasteiger partial charge >= 0.3 is 0 Å². The van der Waals surface area contributed by atoms with Gasteiger partial charge in [0, 0.05) is 23.0 Å². The van der Waals surface area contributed by atoms with Crippen molar-refractivity contribution in [3.8, 4) is 23.0 Å². The van der Waals surface area contributed by atoms with Gasteiger partial charge in [-0.1, -0.05) is 30.3 Å². The number of methoxy groups -OCH3 is 1. The molecule has 0 saturated heterocycles. The minimum atomic E-state index is 0.640. The van der Waals surface area contributed by atoms with E-state index in [4.69, 9.17) is 14.7 Å². The molecule has 0 fully saturated rings. The van der Waals surface area contributed by atoms with Crippen molar-refractivity contribution in [2.24, 2.45) is 0 Å². The molecule has 2 aromatic carbocycles. The molecular formula is C22H21N5O. The monoisotopic (exact) mass is 371 g/mol. The van der Waals surface area contributed by atoms with Crippen LogP contribution in [0.25, 0.3) is 17.2 Å². The van der Waals surface area contributed by atoms with E-state index in [1.807, 2.05) is 85.3 Å². The molecule has 6 heteroatoms. The van der Waals surface area contributed by atoms with E-state index in [-0.39, 0.29) is 0 Å². The maximum Gasteiger partial charge on any atom is 0.163 e. The van der Waals surface area contributed by atoms with Crippen molar-refractivity contribution in [2.45, 2.75) is 13.8 Å². The molecule has 1 N–H and O–H groups in total. The number of anilines is 2. The highest BCUT2D eigenvalue weighted by atomic mass is 16.5. The molecule has 0 aliphatic heterocycles. The predicted octanol–water partition coefficient (Wildman–Crippen LogP) is 4.70. The summed E-state index contributed by atoms with van der Waals surface area (Å²) >= 11 is 0. The predicted molar refractivity (Wildman–Crippen MR) is 110 cm³/mol. The average Bonchev–Trinajstić information content (AvgIpc) is 3.07. The largest absolute Gasteiger partial charge is 0.497 e. The zero-order valence-electron chi connectivity index (χ0n) is 16.0. The Morgan fingerprint density at radius 3 is 2.29 bits per heavy atom. The zero-order valence-corrected chi connectivity index (χ0v) is 16.0. The fourth-order valence-electron chi connectivity index (χ4n) is 3.01. The first-order valence-electron chi connectivity index (χ1n) is 9.01. The SMILES string of the molecule is COc1ccc(Nc2cc(-n3nc(C)cc3C)nc(-c3ccccc3)n2)cc1. The van der Waals surface area contributed by atoms with Crippen LogP contribution in [0.15, 0.2) is 66.7 Å². The molecule has 4 rings (SSSR count). The standard InChI is InChI=1S/C22H21N5O/c1-15-13-16(2)27(26-15)21-14-20(23-18-9-11-19(28-3)12-10-18)24-22(25-21)17-7-5-4-6-8-17/h4-14H,1-3H3,(H,23,24,25). The Bertz CT molecular complexity index is 1090. The molecule has 140 valence electrons. The molecule has 0 unspecified atom stereocenters. The highest BCUT2D eigenvalue weighted by Crippen LogP contribution is 2.24. The number of hydrogen-bond donors (Lipinski definition) is 1. The maximum atomic E-state index is 5.22. The molecule has 4 aromatic rings. The van der Waals surface area contributed by atoms with Crippen LogP contribution in [0.4, 0.5) is 11.5 Å². The first-order valence-corrected chi connectivity index (χ1v) is 9.01. The number of benzene rings is 2. The number of nitrogens with one attached hydrogen (secondary N) is 1. The second-order valence-corrected chi connectivity index (χ2v) is 6.49. The molecule has 0 atom stereocenters. The summed E-state index contributed by atoms with van der Waals surface area (Å²) in [5.41, 5.74) is 3.83. The molecule has 0 radical (unpaired) electrons. The molecule has 0 amide bonds. The Kier molecular flexibility index (Phi) is 4.76. The van der Waals surface area contributed by atoms with Gasteiger partial charge in [-0.3, -0.25) is 0 Å². The molecule has 2 aromatic heterocycles. The third-order valence-electron chi connectivity index (χ3n) is 4.33. The zero-order chi connectivity index (χ0) is 19.5. The van der Waals surface area contributed by atoms with Crippen LogP contribution in [0.1, 0.15) is 11.4 Å². The van der Waals surface area contributed by atoms with Crippen LogP contribution < -0.4 is 10.1 Å². The van der Waals surface area contributed by atoms with Crippen molar-refractivity contribution in [3.63, 3.8) is 0 Å². The van der Waals surface area contributed by atoms with Gasteiger partial charge in [0.2, 0.25) is 0 Å². The van der Waals surface area contributed by atoms with E-state index in [2.05, 4.69) is 10.4 Å². The van der Waals surface area contributed by atoms with Gasteiger partial charge in [0.05, 0.1) is 12.8 Å². The van der Waals surface area contributed by atoms with E-state index >= 15 is 0 Å². The van der Waals surface area contributed by atoms with Crippen molar-refractivity contribution < 1.29 is 4.74 Å². The summed E-state index contributed by atoms with van der Waals surface area (Å²) in [5.74, 6) is 2.86. The van der Waals surface area contributed by atoms with E-state index in [0.29, 0.717) is 11.6 Å². The molecule has 0 aliphatic carbocycles. The summed E-state index contributed by atoms with van der Waals surface area (Å²) in [5, 5.41) is 7.92. The van der Waals surface area contributed by atoms with Crippen LogP contribution in [-0.4, -0.2) is 26.9 Å². The van der Waals surface area contributed by atoms with Crippen molar-refractivity contribution in [1.82, 2.24) is 19.7 Å². The first-order chi connectivity index (χ1) is 13.6. The second-order valence-electron chi connectivity index (χ2n) is 6.49. The lowest BCUT2D eigenvalue weighted by Gasteiger charge is -2.11. The second kappa shape index (κ2) is 7.52. The number of ether oxygens (including phenoxy) is 1. The summed E-state index contributed by atoms with van der Waals surface area (Å²) in [6.45, 7) is 3.99. The Morgan fingerprint density at radius 2 is 1.64 bits per heavy atom. The molecule has 2 heterocycles. The topological polar surface area (TPSA) is 64.9 Å². The van der Waals surface area contributed by atoms with Crippen molar-refractivity contribution >= 4 is 11.5 Å². The number of nitrogens with zero attached hydrogens (tertiary/aromatic N) is 4. The molecule has 0 bridgehead atoms. The molecule has 28 heavy (non-hydrogen) atoms. The van der Waals surface area contributed by atoms with Crippen LogP contribution in [0.2, 0.25) is 0 Å². The molecule has 0 spiro atoms. The van der Waals surface area contributed by atoms with Gasteiger partial charge in [0.15, 0.2) is 11.6 Å². The average molecular weight is 371 g/mol. The van der Waals surface area contributed by atoms with Gasteiger partial charge in [-0.25, -0.2) is 14.6 Å². The number of aryl methyl sites for hydroxylation is 2. The fraction of sp³-hybridized carbons (Fsp3) is 0.136. The van der Waals surface area contributed by atoms with Gasteiger partial charge in [-0.05, 0) is 44.2 Å². The van der Waals surface area contributed by atoms with Gasteiger partial charge in [-0.15, -0.1) is 0 Å². The van der Waals surface area contributed by atoms with Crippen molar-refractivity contribution in [2.75, 3.05) is 12.4 Å². The summed E-state index contributed by atoms with van der Waals surface area (Å²) < 4.78 is 7.06. The molecule has 0 saturated carbocycles. The van der Waals surface area contributed by atoms with E-state index < -0.39 is 0 Å². The lowest BCUT2D eigenvalue weighted by atomic mass is 10.2. The fourth-order valence-corrected chi connectivity index (χ4v) is 3.01. The van der Waals surface area contributed by atoms with Gasteiger partial charge in [-0.2, -0.15) is 5.10 Å². The van der Waals surface area contributed by atoms with Crippen LogP contribution in [0, 0.1) is 13.8 Å². The lowest BCUT2D eigenvalue weighted by Crippen LogP contribution is -2.06. The first kappa shape index (κ1) is 17.7. The molecule has 0 aliphatic rings. The van der Waals surface area contributed by atoms with Gasteiger partial charge in [0.25, 0.3) is 0 Å². The normalized spacial score (nSPS) is 10.7. The summed E-state index contributed by atoms with van der Waals surface area (Å²) in [6.07, 6.45) is 0. The van der Waals surface area contributed by atoms with Crippen LogP contribution in [0.5, 0.6) is 5.75 Å². The molecule has 6 nitrogen and oxygen atoms in total. The van der Waals surface area contributed by atoms with Crippen LogP contribution in [-0.2, 0) is 0 Å². The Balaban J connectivity index is 1.78. The minimum absolute atomic E-state index is 0.640. The highest BCUT2D eigenvalue weighted by molar-refractivity contribution is 5.63. The van der Waals surface area contributed by atoms with Gasteiger partial charge < -0.3 is 10.1 Å². The number of hydrogen-bond acceptors (Lipinski definition) is 5.